The van der Waals surface area contributed by atoms with E-state index < -0.39 is 10.0 Å². The molecule has 0 fully saturated rings. The summed E-state index contributed by atoms with van der Waals surface area (Å²) in [7, 11) is -3.70. The number of phenolic OH excluding ortho intramolecular Hbond substituents is 1. The van der Waals surface area contributed by atoms with E-state index in [4.69, 9.17) is 16.9 Å². The van der Waals surface area contributed by atoms with Crippen molar-refractivity contribution in [1.29, 1.82) is 5.26 Å². The van der Waals surface area contributed by atoms with Gasteiger partial charge in [0.05, 0.1) is 23.1 Å². The Morgan fingerprint density at radius 1 is 1.19 bits per heavy atom. The molecule has 2 rings (SSSR count). The molecule has 108 valence electrons. The highest BCUT2D eigenvalue weighted by Gasteiger charge is 2.14. The van der Waals surface area contributed by atoms with Crippen LogP contribution in [0.2, 0.25) is 5.02 Å². The molecule has 0 saturated heterocycles. The van der Waals surface area contributed by atoms with Crippen LogP contribution in [0.3, 0.4) is 0 Å². The Balaban J connectivity index is 2.18. The lowest BCUT2D eigenvalue weighted by molar-refractivity contribution is 0.477. The lowest BCUT2D eigenvalue weighted by atomic mass is 10.2. The number of hydrogen-bond donors (Lipinski definition) is 2. The van der Waals surface area contributed by atoms with Gasteiger partial charge in [-0.1, -0.05) is 23.7 Å². The quantitative estimate of drug-likeness (QED) is 0.847. The summed E-state index contributed by atoms with van der Waals surface area (Å²) in [5, 5.41) is 18.6. The Morgan fingerprint density at radius 2 is 1.86 bits per heavy atom. The summed E-state index contributed by atoms with van der Waals surface area (Å²) in [5.74, 6) is -0.479. The van der Waals surface area contributed by atoms with Crippen LogP contribution in [-0.4, -0.2) is 13.5 Å². The molecule has 0 unspecified atom stereocenters. The van der Waals surface area contributed by atoms with Crippen LogP contribution in [0.15, 0.2) is 42.5 Å². The van der Waals surface area contributed by atoms with Crippen LogP contribution in [0.5, 0.6) is 5.75 Å². The van der Waals surface area contributed by atoms with Crippen molar-refractivity contribution in [3.05, 3.63) is 58.6 Å². The Morgan fingerprint density at radius 3 is 2.48 bits per heavy atom. The number of hydrogen-bond acceptors (Lipinski definition) is 4. The first-order valence-electron chi connectivity index (χ1n) is 5.88. The minimum absolute atomic E-state index is 0.0242. The van der Waals surface area contributed by atoms with Crippen molar-refractivity contribution in [1.82, 2.24) is 0 Å². The zero-order valence-corrected chi connectivity index (χ0v) is 12.3. The number of benzene rings is 2. The second-order valence-corrected chi connectivity index (χ2v) is 6.49. The van der Waals surface area contributed by atoms with Crippen molar-refractivity contribution in [2.75, 3.05) is 4.72 Å². The Labute approximate surface area is 127 Å². The molecular weight excluding hydrogens is 312 g/mol. The summed E-state index contributed by atoms with van der Waals surface area (Å²) < 4.78 is 26.4. The summed E-state index contributed by atoms with van der Waals surface area (Å²) in [6.07, 6.45) is 0. The zero-order chi connectivity index (χ0) is 15.5. The predicted molar refractivity (Wildman–Crippen MR) is 80.5 cm³/mol. The first kappa shape index (κ1) is 15.2. The molecule has 0 radical (unpaired) electrons. The fourth-order valence-electron chi connectivity index (χ4n) is 1.69. The SMILES string of the molecule is N#Cc1ccc(CS(=O)(=O)Nc2cc(Cl)ccc2O)cc1. The Hall–Kier alpha value is -2.23. The summed E-state index contributed by atoms with van der Waals surface area (Å²) in [6.45, 7) is 0. The minimum atomic E-state index is -3.70. The van der Waals surface area contributed by atoms with Gasteiger partial charge in [-0.15, -0.1) is 0 Å². The molecular formula is C14H11ClN2O3S. The van der Waals surface area contributed by atoms with Crippen molar-refractivity contribution < 1.29 is 13.5 Å². The average Bonchev–Trinajstić information content (AvgIpc) is 2.43. The molecule has 0 atom stereocenters. The van der Waals surface area contributed by atoms with Gasteiger partial charge in [-0.3, -0.25) is 4.72 Å². The average molecular weight is 323 g/mol. The van der Waals surface area contributed by atoms with E-state index in [9.17, 15) is 13.5 Å². The molecule has 0 aromatic heterocycles. The number of halogens is 1. The van der Waals surface area contributed by atoms with Gasteiger partial charge in [0.25, 0.3) is 0 Å². The standard InChI is InChI=1S/C14H11ClN2O3S/c15-12-5-6-14(18)13(7-12)17-21(19,20)9-11-3-1-10(8-16)2-4-11/h1-7,17-18H,9H2. The largest absolute Gasteiger partial charge is 0.506 e. The van der Waals surface area contributed by atoms with Gasteiger partial charge in [-0.05, 0) is 35.9 Å². The lowest BCUT2D eigenvalue weighted by Crippen LogP contribution is -2.15. The molecule has 0 saturated carbocycles. The highest BCUT2D eigenvalue weighted by molar-refractivity contribution is 7.91. The van der Waals surface area contributed by atoms with Gasteiger partial charge in [-0.2, -0.15) is 5.26 Å². The normalized spacial score (nSPS) is 10.9. The van der Waals surface area contributed by atoms with Crippen LogP contribution in [-0.2, 0) is 15.8 Å². The number of anilines is 1. The third kappa shape index (κ3) is 4.12. The lowest BCUT2D eigenvalue weighted by Gasteiger charge is -2.10. The number of nitriles is 1. The fourth-order valence-corrected chi connectivity index (χ4v) is 3.06. The Kier molecular flexibility index (Phi) is 4.36. The molecule has 0 aliphatic carbocycles. The maximum absolute atomic E-state index is 12.1. The highest BCUT2D eigenvalue weighted by atomic mass is 35.5. The van der Waals surface area contributed by atoms with Crippen molar-refractivity contribution in [2.45, 2.75) is 5.75 Å². The third-order valence-corrected chi connectivity index (χ3v) is 4.14. The molecule has 21 heavy (non-hydrogen) atoms. The third-order valence-electron chi connectivity index (χ3n) is 2.66. The van der Waals surface area contributed by atoms with Crippen LogP contribution < -0.4 is 4.72 Å². The highest BCUT2D eigenvalue weighted by Crippen LogP contribution is 2.27. The van der Waals surface area contributed by atoms with E-state index in [1.165, 1.54) is 18.2 Å². The number of aromatic hydroxyl groups is 1. The predicted octanol–water partition coefficient (Wildman–Crippen LogP) is 2.86. The molecule has 2 N–H and O–H groups in total. The van der Waals surface area contributed by atoms with Gasteiger partial charge in [0.1, 0.15) is 5.75 Å². The zero-order valence-electron chi connectivity index (χ0n) is 10.7. The molecule has 2 aromatic rings. The second-order valence-electron chi connectivity index (χ2n) is 4.33. The molecule has 0 aliphatic heterocycles. The van der Waals surface area contributed by atoms with E-state index in [1.54, 1.807) is 24.3 Å². The number of sulfonamides is 1. The minimum Gasteiger partial charge on any atom is -0.506 e. The van der Waals surface area contributed by atoms with E-state index in [2.05, 4.69) is 4.72 Å². The van der Waals surface area contributed by atoms with Crippen LogP contribution >= 0.6 is 11.6 Å². The number of nitrogens with one attached hydrogen (secondary N) is 1. The smallest absolute Gasteiger partial charge is 0.237 e. The van der Waals surface area contributed by atoms with Gasteiger partial charge >= 0.3 is 0 Å². The van der Waals surface area contributed by atoms with E-state index >= 15 is 0 Å². The van der Waals surface area contributed by atoms with Gasteiger partial charge in [-0.25, -0.2) is 8.42 Å². The van der Waals surface area contributed by atoms with Crippen molar-refractivity contribution in [2.24, 2.45) is 0 Å². The number of rotatable bonds is 4. The second kappa shape index (κ2) is 6.04. The number of phenols is 1. The van der Waals surface area contributed by atoms with Crippen molar-refractivity contribution in [3.63, 3.8) is 0 Å². The van der Waals surface area contributed by atoms with Gasteiger partial charge < -0.3 is 5.11 Å². The van der Waals surface area contributed by atoms with Crippen LogP contribution in [0.25, 0.3) is 0 Å². The van der Waals surface area contributed by atoms with Gasteiger partial charge in [0.15, 0.2) is 0 Å². The van der Waals surface area contributed by atoms with E-state index in [0.717, 1.165) is 0 Å². The first-order chi connectivity index (χ1) is 9.89. The topological polar surface area (TPSA) is 90.2 Å². The summed E-state index contributed by atoms with van der Waals surface area (Å²) in [6, 6.07) is 12.3. The van der Waals surface area contributed by atoms with E-state index in [1.807, 2.05) is 6.07 Å². The van der Waals surface area contributed by atoms with E-state index in [0.29, 0.717) is 16.1 Å². The van der Waals surface area contributed by atoms with Crippen molar-refractivity contribution in [3.8, 4) is 11.8 Å². The molecule has 7 heteroatoms. The molecule has 5 nitrogen and oxygen atoms in total. The molecule has 2 aromatic carbocycles. The van der Waals surface area contributed by atoms with Gasteiger partial charge in [0, 0.05) is 5.02 Å². The van der Waals surface area contributed by atoms with Crippen molar-refractivity contribution >= 4 is 27.3 Å². The molecule has 0 heterocycles. The molecule has 0 aliphatic rings. The summed E-state index contributed by atoms with van der Waals surface area (Å²) in [4.78, 5) is 0. The van der Waals surface area contributed by atoms with Crippen LogP contribution in [0.1, 0.15) is 11.1 Å². The monoisotopic (exact) mass is 322 g/mol. The first-order valence-corrected chi connectivity index (χ1v) is 7.91. The van der Waals surface area contributed by atoms with E-state index in [-0.39, 0.29) is 17.2 Å². The number of nitrogens with zero attached hydrogens (tertiary/aromatic N) is 1. The maximum Gasteiger partial charge on any atom is 0.237 e. The molecule has 0 amide bonds. The maximum atomic E-state index is 12.1. The Bertz CT molecular complexity index is 796. The molecule has 0 bridgehead atoms. The van der Waals surface area contributed by atoms with Crippen LogP contribution in [0, 0.1) is 11.3 Å². The molecule has 0 spiro atoms. The van der Waals surface area contributed by atoms with Gasteiger partial charge in [0.2, 0.25) is 10.0 Å². The van der Waals surface area contributed by atoms with Crippen LogP contribution in [0.4, 0.5) is 5.69 Å². The summed E-state index contributed by atoms with van der Waals surface area (Å²) in [5.41, 5.74) is 1.01. The summed E-state index contributed by atoms with van der Waals surface area (Å²) >= 11 is 5.76. The fraction of sp³-hybridized carbons (Fsp3) is 0.0714.